The van der Waals surface area contributed by atoms with E-state index < -0.39 is 0 Å². The summed E-state index contributed by atoms with van der Waals surface area (Å²) in [6.45, 7) is 5.12. The molecule has 1 atom stereocenters. The first-order valence-electron chi connectivity index (χ1n) is 6.30. The number of nitrogens with one attached hydrogen (secondary N) is 1. The van der Waals surface area contributed by atoms with Crippen molar-refractivity contribution in [1.82, 2.24) is 30.2 Å². The molecule has 0 aliphatic heterocycles. The highest BCUT2D eigenvalue weighted by molar-refractivity contribution is 5.00. The molecular weight excluding hydrogens is 242 g/mol. The molecule has 7 heteroatoms. The number of nitrogens with two attached hydrogens (primary N) is 1. The van der Waals surface area contributed by atoms with Crippen LogP contribution in [0.4, 0.5) is 0 Å². The molecule has 0 radical (unpaired) electrons. The first-order valence-corrected chi connectivity index (χ1v) is 6.30. The van der Waals surface area contributed by atoms with E-state index in [9.17, 15) is 0 Å². The van der Waals surface area contributed by atoms with Crippen molar-refractivity contribution >= 4 is 0 Å². The predicted molar refractivity (Wildman–Crippen MR) is 70.7 cm³/mol. The quantitative estimate of drug-likeness (QED) is 0.580. The lowest BCUT2D eigenvalue weighted by Crippen LogP contribution is -2.32. The Morgan fingerprint density at radius 2 is 2.00 bits per heavy atom. The van der Waals surface area contributed by atoms with Crippen LogP contribution in [0.5, 0.6) is 0 Å². The van der Waals surface area contributed by atoms with E-state index in [4.69, 9.17) is 5.84 Å². The Balaban J connectivity index is 2.13. The number of aromatic nitrogens is 5. The highest BCUT2D eigenvalue weighted by atomic mass is 15.3. The summed E-state index contributed by atoms with van der Waals surface area (Å²) < 4.78 is 1.90. The van der Waals surface area contributed by atoms with Gasteiger partial charge in [-0.2, -0.15) is 5.10 Å². The van der Waals surface area contributed by atoms with Gasteiger partial charge >= 0.3 is 0 Å². The molecule has 0 amide bonds. The molecule has 0 saturated carbocycles. The fourth-order valence-electron chi connectivity index (χ4n) is 1.84. The highest BCUT2D eigenvalue weighted by Gasteiger charge is 2.17. The summed E-state index contributed by atoms with van der Waals surface area (Å²) in [7, 11) is 0. The van der Waals surface area contributed by atoms with E-state index in [-0.39, 0.29) is 6.04 Å². The number of hydrogen-bond acceptors (Lipinski definition) is 6. The number of rotatable bonds is 6. The molecule has 0 aromatic carbocycles. The van der Waals surface area contributed by atoms with Crippen molar-refractivity contribution in [3.63, 3.8) is 0 Å². The second kappa shape index (κ2) is 6.35. The molecule has 0 bridgehead atoms. The highest BCUT2D eigenvalue weighted by Crippen LogP contribution is 2.12. The fourth-order valence-corrected chi connectivity index (χ4v) is 1.84. The zero-order valence-corrected chi connectivity index (χ0v) is 11.2. The maximum Gasteiger partial charge on any atom is 0.146 e. The third kappa shape index (κ3) is 3.55. The fraction of sp³-hybridized carbons (Fsp3) is 0.500. The lowest BCUT2D eigenvalue weighted by Gasteiger charge is -2.15. The van der Waals surface area contributed by atoms with Crippen LogP contribution in [0.2, 0.25) is 0 Å². The lowest BCUT2D eigenvalue weighted by atomic mass is 10.2. The van der Waals surface area contributed by atoms with Gasteiger partial charge in [0.15, 0.2) is 0 Å². The molecule has 0 spiro atoms. The average Bonchev–Trinajstić information content (AvgIpc) is 2.83. The van der Waals surface area contributed by atoms with E-state index >= 15 is 0 Å². The third-order valence-corrected chi connectivity index (χ3v) is 2.72. The summed E-state index contributed by atoms with van der Waals surface area (Å²) in [5, 5.41) is 4.23. The Labute approximate surface area is 112 Å². The minimum absolute atomic E-state index is 0.170. The SMILES string of the molecule is CC(C)Cn1ncnc1CC(NN)c1ncccn1. The van der Waals surface area contributed by atoms with Gasteiger partial charge in [-0.3, -0.25) is 5.84 Å². The zero-order chi connectivity index (χ0) is 13.7. The van der Waals surface area contributed by atoms with Gasteiger partial charge in [0, 0.05) is 25.4 Å². The number of hydrazine groups is 1. The van der Waals surface area contributed by atoms with Gasteiger partial charge in [0.05, 0.1) is 6.04 Å². The first-order chi connectivity index (χ1) is 9.20. The van der Waals surface area contributed by atoms with Crippen LogP contribution >= 0.6 is 0 Å². The molecule has 0 fully saturated rings. The maximum atomic E-state index is 5.59. The van der Waals surface area contributed by atoms with Crippen LogP contribution in [0, 0.1) is 5.92 Å². The van der Waals surface area contributed by atoms with Crippen molar-refractivity contribution < 1.29 is 0 Å². The van der Waals surface area contributed by atoms with Crippen LogP contribution < -0.4 is 11.3 Å². The van der Waals surface area contributed by atoms with Crippen molar-refractivity contribution in [2.45, 2.75) is 32.9 Å². The van der Waals surface area contributed by atoms with Crippen LogP contribution in [0.1, 0.15) is 31.5 Å². The van der Waals surface area contributed by atoms with Crippen molar-refractivity contribution in [1.29, 1.82) is 0 Å². The van der Waals surface area contributed by atoms with Gasteiger partial charge in [-0.05, 0) is 12.0 Å². The monoisotopic (exact) mass is 261 g/mol. The van der Waals surface area contributed by atoms with E-state index in [1.807, 2.05) is 4.68 Å². The van der Waals surface area contributed by atoms with Crippen LogP contribution in [0.25, 0.3) is 0 Å². The summed E-state index contributed by atoms with van der Waals surface area (Å²) in [6.07, 6.45) is 5.57. The minimum Gasteiger partial charge on any atom is -0.271 e. The smallest absolute Gasteiger partial charge is 0.146 e. The third-order valence-electron chi connectivity index (χ3n) is 2.72. The Bertz CT molecular complexity index is 494. The van der Waals surface area contributed by atoms with E-state index in [1.165, 1.54) is 0 Å². The molecule has 19 heavy (non-hydrogen) atoms. The van der Waals surface area contributed by atoms with Crippen molar-refractivity contribution in [3.05, 3.63) is 36.4 Å². The van der Waals surface area contributed by atoms with Crippen LogP contribution in [0.3, 0.4) is 0 Å². The average molecular weight is 261 g/mol. The van der Waals surface area contributed by atoms with E-state index in [1.54, 1.807) is 24.8 Å². The Hall–Kier alpha value is -1.86. The summed E-state index contributed by atoms with van der Waals surface area (Å²) in [6, 6.07) is 1.61. The van der Waals surface area contributed by atoms with Crippen molar-refractivity contribution in [3.8, 4) is 0 Å². The Morgan fingerprint density at radius 3 is 2.63 bits per heavy atom. The lowest BCUT2D eigenvalue weighted by molar-refractivity contribution is 0.440. The molecule has 2 aromatic heterocycles. The van der Waals surface area contributed by atoms with Crippen molar-refractivity contribution in [2.75, 3.05) is 0 Å². The van der Waals surface area contributed by atoms with Gasteiger partial charge in [0.2, 0.25) is 0 Å². The largest absolute Gasteiger partial charge is 0.271 e. The summed E-state index contributed by atoms with van der Waals surface area (Å²) in [5.41, 5.74) is 2.73. The van der Waals surface area contributed by atoms with Gasteiger partial charge in [-0.1, -0.05) is 13.8 Å². The topological polar surface area (TPSA) is 94.5 Å². The zero-order valence-electron chi connectivity index (χ0n) is 11.2. The molecule has 0 aliphatic rings. The van der Waals surface area contributed by atoms with Gasteiger partial charge in [0.1, 0.15) is 18.0 Å². The molecule has 2 rings (SSSR count). The van der Waals surface area contributed by atoms with Gasteiger partial charge < -0.3 is 0 Å². The van der Waals surface area contributed by atoms with Gasteiger partial charge in [0.25, 0.3) is 0 Å². The van der Waals surface area contributed by atoms with E-state index in [2.05, 4.69) is 39.3 Å². The molecular formula is C12H19N7. The van der Waals surface area contributed by atoms with E-state index in [0.29, 0.717) is 18.2 Å². The van der Waals surface area contributed by atoms with Crippen molar-refractivity contribution in [2.24, 2.45) is 11.8 Å². The molecule has 0 aliphatic carbocycles. The maximum absolute atomic E-state index is 5.59. The Kier molecular flexibility index (Phi) is 4.53. The molecule has 3 N–H and O–H groups in total. The predicted octanol–water partition coefficient (Wildman–Crippen LogP) is 0.471. The summed E-state index contributed by atoms with van der Waals surface area (Å²) in [4.78, 5) is 12.7. The normalized spacial score (nSPS) is 12.8. The minimum atomic E-state index is -0.170. The van der Waals surface area contributed by atoms with E-state index in [0.717, 1.165) is 12.4 Å². The summed E-state index contributed by atoms with van der Waals surface area (Å²) in [5.74, 6) is 7.63. The number of hydrogen-bond donors (Lipinski definition) is 2. The molecule has 0 saturated heterocycles. The Morgan fingerprint density at radius 1 is 1.26 bits per heavy atom. The van der Waals surface area contributed by atoms with Gasteiger partial charge in [-0.25, -0.2) is 25.1 Å². The first kappa shape index (κ1) is 13.6. The van der Waals surface area contributed by atoms with Crippen LogP contribution in [0.15, 0.2) is 24.8 Å². The molecule has 7 nitrogen and oxygen atoms in total. The molecule has 2 heterocycles. The van der Waals surface area contributed by atoms with Crippen LogP contribution in [-0.4, -0.2) is 24.7 Å². The molecule has 1 unspecified atom stereocenters. The van der Waals surface area contributed by atoms with Gasteiger partial charge in [-0.15, -0.1) is 0 Å². The second-order valence-corrected chi connectivity index (χ2v) is 4.78. The molecule has 2 aromatic rings. The number of nitrogens with zero attached hydrogens (tertiary/aromatic N) is 5. The standard InChI is InChI=1S/C12H19N7/c1-9(2)7-19-11(16-8-17-19)6-10(18-13)12-14-4-3-5-15-12/h3-5,8-10,18H,6-7,13H2,1-2H3. The second-order valence-electron chi connectivity index (χ2n) is 4.78. The molecule has 102 valence electrons. The summed E-state index contributed by atoms with van der Waals surface area (Å²) >= 11 is 0. The van der Waals surface area contributed by atoms with Crippen LogP contribution in [-0.2, 0) is 13.0 Å².